The molecule has 0 fully saturated rings. The van der Waals surface area contributed by atoms with Gasteiger partial charge in [-0.1, -0.05) is 48.5 Å². The third-order valence-corrected chi connectivity index (χ3v) is 2.58. The molecule has 2 aromatic rings. The molecular formula is C14H13ClN2. The minimum absolute atomic E-state index is 0.720. The summed E-state index contributed by atoms with van der Waals surface area (Å²) in [6.45, 7) is 3.95. The third-order valence-electron chi connectivity index (χ3n) is 2.32. The summed E-state index contributed by atoms with van der Waals surface area (Å²) in [6, 6.07) is 17.4. The minimum atomic E-state index is 0.720. The van der Waals surface area contributed by atoms with Gasteiger partial charge in [-0.2, -0.15) is 0 Å². The molecule has 3 heteroatoms. The summed E-state index contributed by atoms with van der Waals surface area (Å²) < 4.78 is 0. The first-order valence-electron chi connectivity index (χ1n) is 5.27. The van der Waals surface area contributed by atoms with E-state index in [1.54, 1.807) is 0 Å². The number of hydrogen-bond donors (Lipinski definition) is 2. The number of anilines is 1. The topological polar surface area (TPSA) is 24.1 Å². The normalized spacial score (nSPS) is 9.71. The molecule has 0 bridgehead atoms. The summed E-state index contributed by atoms with van der Waals surface area (Å²) in [6.07, 6.45) is 0. The summed E-state index contributed by atoms with van der Waals surface area (Å²) in [5.74, 6) is 0. The molecule has 2 N–H and O–H groups in total. The van der Waals surface area contributed by atoms with Crippen LogP contribution in [0.1, 0.15) is 5.56 Å². The molecule has 0 atom stereocenters. The van der Waals surface area contributed by atoms with Crippen molar-refractivity contribution in [1.29, 1.82) is 0 Å². The second-order valence-corrected chi connectivity index (χ2v) is 4.04. The van der Waals surface area contributed by atoms with Gasteiger partial charge < -0.3 is 10.9 Å². The van der Waals surface area contributed by atoms with Gasteiger partial charge in [0.05, 0.1) is 11.4 Å². The maximum absolute atomic E-state index is 5.82. The van der Waals surface area contributed by atoms with Gasteiger partial charge >= 0.3 is 0 Å². The second kappa shape index (κ2) is 5.41. The van der Waals surface area contributed by atoms with Crippen LogP contribution in [0.2, 0.25) is 5.02 Å². The first-order chi connectivity index (χ1) is 8.25. The van der Waals surface area contributed by atoms with E-state index in [0.29, 0.717) is 0 Å². The highest BCUT2D eigenvalue weighted by Crippen LogP contribution is 2.14. The van der Waals surface area contributed by atoms with E-state index < -0.39 is 0 Å². The van der Waals surface area contributed by atoms with Crippen molar-refractivity contribution in [3.63, 3.8) is 0 Å². The maximum Gasteiger partial charge on any atom is 0.0540 e. The van der Waals surface area contributed by atoms with Crippen LogP contribution in [-0.4, -0.2) is 0 Å². The zero-order valence-electron chi connectivity index (χ0n) is 9.28. The number of hydrazine groups is 1. The second-order valence-electron chi connectivity index (χ2n) is 3.60. The van der Waals surface area contributed by atoms with Crippen LogP contribution >= 0.6 is 11.6 Å². The van der Waals surface area contributed by atoms with Crippen LogP contribution in [0, 0.1) is 0 Å². The Balaban J connectivity index is 1.96. The molecule has 0 saturated carbocycles. The molecular weight excluding hydrogens is 232 g/mol. The SMILES string of the molecule is C=C(NNc1ccccc1)c1ccc(Cl)cc1. The van der Waals surface area contributed by atoms with E-state index in [1.807, 2.05) is 54.6 Å². The molecule has 17 heavy (non-hydrogen) atoms. The van der Waals surface area contributed by atoms with Crippen molar-refractivity contribution >= 4 is 23.0 Å². The summed E-state index contributed by atoms with van der Waals surface area (Å²) in [4.78, 5) is 0. The smallest absolute Gasteiger partial charge is 0.0540 e. The Morgan fingerprint density at radius 1 is 0.941 bits per heavy atom. The van der Waals surface area contributed by atoms with Crippen LogP contribution in [0.5, 0.6) is 0 Å². The van der Waals surface area contributed by atoms with Crippen molar-refractivity contribution in [2.24, 2.45) is 0 Å². The third kappa shape index (κ3) is 3.26. The van der Waals surface area contributed by atoms with Gasteiger partial charge in [0.1, 0.15) is 0 Å². The lowest BCUT2D eigenvalue weighted by Crippen LogP contribution is -2.19. The Morgan fingerprint density at radius 2 is 1.59 bits per heavy atom. The molecule has 0 aliphatic carbocycles. The minimum Gasteiger partial charge on any atom is -0.301 e. The Labute approximate surface area is 106 Å². The fourth-order valence-electron chi connectivity index (χ4n) is 1.39. The molecule has 0 aliphatic rings. The zero-order chi connectivity index (χ0) is 12.1. The Hall–Kier alpha value is -1.93. The molecule has 0 saturated heterocycles. The van der Waals surface area contributed by atoms with Crippen LogP contribution in [0.25, 0.3) is 5.70 Å². The first-order valence-corrected chi connectivity index (χ1v) is 5.65. The van der Waals surface area contributed by atoms with E-state index in [0.717, 1.165) is 22.0 Å². The van der Waals surface area contributed by atoms with Crippen molar-refractivity contribution in [2.75, 3.05) is 5.43 Å². The molecule has 2 aromatic carbocycles. The van der Waals surface area contributed by atoms with E-state index in [2.05, 4.69) is 17.4 Å². The predicted octanol–water partition coefficient (Wildman–Crippen LogP) is 3.93. The summed E-state index contributed by atoms with van der Waals surface area (Å²) in [5.41, 5.74) is 8.91. The van der Waals surface area contributed by atoms with Gasteiger partial charge in [-0.15, -0.1) is 0 Å². The van der Waals surface area contributed by atoms with Crippen molar-refractivity contribution in [1.82, 2.24) is 5.43 Å². The maximum atomic E-state index is 5.82. The van der Waals surface area contributed by atoms with Crippen LogP contribution in [0.15, 0.2) is 61.2 Å². The number of hydrogen-bond acceptors (Lipinski definition) is 2. The summed E-state index contributed by atoms with van der Waals surface area (Å²) in [7, 11) is 0. The number of halogens is 1. The molecule has 0 unspecified atom stereocenters. The molecule has 0 radical (unpaired) electrons. The fraction of sp³-hybridized carbons (Fsp3) is 0. The van der Waals surface area contributed by atoms with E-state index in [-0.39, 0.29) is 0 Å². The molecule has 0 spiro atoms. The van der Waals surface area contributed by atoms with E-state index in [1.165, 1.54) is 0 Å². The Bertz CT molecular complexity index is 491. The van der Waals surface area contributed by atoms with Gasteiger partial charge in [0.25, 0.3) is 0 Å². The highest BCUT2D eigenvalue weighted by Gasteiger charge is 1.97. The summed E-state index contributed by atoms with van der Waals surface area (Å²) in [5, 5.41) is 0.720. The number of nitrogens with one attached hydrogen (secondary N) is 2. The monoisotopic (exact) mass is 244 g/mol. The first kappa shape index (κ1) is 11.6. The van der Waals surface area contributed by atoms with E-state index >= 15 is 0 Å². The average Bonchev–Trinajstić information content (AvgIpc) is 2.38. The average molecular weight is 245 g/mol. The molecule has 0 heterocycles. The van der Waals surface area contributed by atoms with Gasteiger partial charge in [-0.25, -0.2) is 0 Å². The van der Waals surface area contributed by atoms with Gasteiger partial charge in [-0.3, -0.25) is 0 Å². The summed E-state index contributed by atoms with van der Waals surface area (Å²) >= 11 is 5.82. The zero-order valence-corrected chi connectivity index (χ0v) is 10.0. The quantitative estimate of drug-likeness (QED) is 0.797. The molecule has 0 amide bonds. The molecule has 2 nitrogen and oxygen atoms in total. The van der Waals surface area contributed by atoms with Gasteiger partial charge in [-0.05, 0) is 29.8 Å². The molecule has 86 valence electrons. The van der Waals surface area contributed by atoms with Gasteiger partial charge in [0, 0.05) is 5.02 Å². The lowest BCUT2D eigenvalue weighted by atomic mass is 10.2. The van der Waals surface area contributed by atoms with Crippen LogP contribution < -0.4 is 10.9 Å². The Kier molecular flexibility index (Phi) is 3.68. The van der Waals surface area contributed by atoms with Crippen LogP contribution in [0.3, 0.4) is 0 Å². The largest absolute Gasteiger partial charge is 0.301 e. The number of rotatable bonds is 4. The highest BCUT2D eigenvalue weighted by molar-refractivity contribution is 6.30. The van der Waals surface area contributed by atoms with E-state index in [9.17, 15) is 0 Å². The standard InChI is InChI=1S/C14H13ClN2/c1-11(12-7-9-13(15)10-8-12)16-17-14-5-3-2-4-6-14/h2-10,16-17H,1H2. The van der Waals surface area contributed by atoms with Crippen molar-refractivity contribution < 1.29 is 0 Å². The molecule has 0 aromatic heterocycles. The van der Waals surface area contributed by atoms with Crippen LogP contribution in [0.4, 0.5) is 5.69 Å². The fourth-order valence-corrected chi connectivity index (χ4v) is 1.52. The van der Waals surface area contributed by atoms with Gasteiger partial charge in [0.2, 0.25) is 0 Å². The van der Waals surface area contributed by atoms with Crippen molar-refractivity contribution in [3.8, 4) is 0 Å². The van der Waals surface area contributed by atoms with Crippen molar-refractivity contribution in [3.05, 3.63) is 71.8 Å². The number of benzene rings is 2. The highest BCUT2D eigenvalue weighted by atomic mass is 35.5. The lowest BCUT2D eigenvalue weighted by Gasteiger charge is -2.12. The number of para-hydroxylation sites is 1. The van der Waals surface area contributed by atoms with Gasteiger partial charge in [0.15, 0.2) is 0 Å². The molecule has 2 rings (SSSR count). The van der Waals surface area contributed by atoms with E-state index in [4.69, 9.17) is 11.6 Å². The predicted molar refractivity (Wildman–Crippen MR) is 73.7 cm³/mol. The Morgan fingerprint density at radius 3 is 2.24 bits per heavy atom. The lowest BCUT2D eigenvalue weighted by molar-refractivity contribution is 1.08. The van der Waals surface area contributed by atoms with Crippen molar-refractivity contribution in [2.45, 2.75) is 0 Å². The molecule has 0 aliphatic heterocycles. The van der Waals surface area contributed by atoms with Crippen LogP contribution in [-0.2, 0) is 0 Å².